The van der Waals surface area contributed by atoms with E-state index >= 15 is 0 Å². The molecule has 1 fully saturated rings. The number of hydrogen-bond donors (Lipinski definition) is 1. The lowest BCUT2D eigenvalue weighted by Crippen LogP contribution is -2.54. The van der Waals surface area contributed by atoms with Gasteiger partial charge in [0.05, 0.1) is 6.54 Å². The van der Waals surface area contributed by atoms with Crippen LogP contribution in [0, 0.1) is 5.41 Å². The van der Waals surface area contributed by atoms with Crippen molar-refractivity contribution in [3.63, 3.8) is 0 Å². The van der Waals surface area contributed by atoms with Crippen LogP contribution in [0.2, 0.25) is 0 Å². The van der Waals surface area contributed by atoms with Gasteiger partial charge in [0.2, 0.25) is 17.7 Å². The maximum absolute atomic E-state index is 12.2. The Hall–Kier alpha value is -1.63. The Bertz CT molecular complexity index is 449. The molecule has 0 radical (unpaired) electrons. The molecule has 0 aromatic carbocycles. The van der Waals surface area contributed by atoms with Crippen LogP contribution in [0.5, 0.6) is 0 Å². The second-order valence-corrected chi connectivity index (χ2v) is 7.34. The summed E-state index contributed by atoms with van der Waals surface area (Å²) in [6.07, 6.45) is 0. The molecule has 1 saturated heterocycles. The average Bonchev–Trinajstić information content (AvgIpc) is 2.45. The summed E-state index contributed by atoms with van der Waals surface area (Å²) in [5.74, 6) is -0.144. The zero-order chi connectivity index (χ0) is 17.8. The normalized spacial score (nSPS) is 17.6. The molecule has 1 unspecified atom stereocenters. The van der Waals surface area contributed by atoms with Crippen LogP contribution in [0.3, 0.4) is 0 Å². The molecule has 1 aliphatic rings. The number of carbonyl (C=O) groups is 3. The second-order valence-electron chi connectivity index (χ2n) is 7.34. The van der Waals surface area contributed by atoms with Gasteiger partial charge in [-0.05, 0) is 6.92 Å². The van der Waals surface area contributed by atoms with E-state index in [9.17, 15) is 14.4 Å². The molecular formula is C16H30N4O3. The van der Waals surface area contributed by atoms with Crippen molar-refractivity contribution in [2.24, 2.45) is 5.41 Å². The van der Waals surface area contributed by atoms with E-state index < -0.39 is 6.04 Å². The molecule has 132 valence electrons. The van der Waals surface area contributed by atoms with Gasteiger partial charge in [0.1, 0.15) is 6.04 Å². The Kier molecular flexibility index (Phi) is 6.56. The van der Waals surface area contributed by atoms with E-state index in [1.54, 1.807) is 21.0 Å². The molecule has 7 heteroatoms. The van der Waals surface area contributed by atoms with E-state index in [1.165, 1.54) is 4.90 Å². The van der Waals surface area contributed by atoms with Gasteiger partial charge in [-0.1, -0.05) is 20.8 Å². The van der Waals surface area contributed by atoms with Crippen molar-refractivity contribution in [2.45, 2.75) is 33.7 Å². The Labute approximate surface area is 139 Å². The molecule has 0 saturated carbocycles. The molecule has 1 N–H and O–H groups in total. The summed E-state index contributed by atoms with van der Waals surface area (Å²) in [5.41, 5.74) is -0.373. The van der Waals surface area contributed by atoms with E-state index in [0.717, 1.165) is 0 Å². The molecule has 3 amide bonds. The minimum atomic E-state index is -0.527. The molecular weight excluding hydrogens is 296 g/mol. The van der Waals surface area contributed by atoms with Crippen LogP contribution < -0.4 is 5.32 Å². The van der Waals surface area contributed by atoms with E-state index in [2.05, 4.69) is 5.32 Å². The summed E-state index contributed by atoms with van der Waals surface area (Å²) in [6, 6.07) is -0.527. The maximum Gasteiger partial charge on any atom is 0.244 e. The Balaban J connectivity index is 2.40. The Morgan fingerprint density at radius 2 is 1.61 bits per heavy atom. The van der Waals surface area contributed by atoms with E-state index in [4.69, 9.17) is 0 Å². The van der Waals surface area contributed by atoms with E-state index in [-0.39, 0.29) is 29.7 Å². The summed E-state index contributed by atoms with van der Waals surface area (Å²) < 4.78 is 0. The van der Waals surface area contributed by atoms with Crippen LogP contribution in [0.1, 0.15) is 27.7 Å². The summed E-state index contributed by atoms with van der Waals surface area (Å²) in [4.78, 5) is 41.3. The van der Waals surface area contributed by atoms with Gasteiger partial charge in [0.15, 0.2) is 0 Å². The largest absolute Gasteiger partial charge is 0.347 e. The molecule has 0 aromatic rings. The van der Waals surface area contributed by atoms with Crippen molar-refractivity contribution in [1.82, 2.24) is 20.0 Å². The first-order valence-corrected chi connectivity index (χ1v) is 8.04. The third kappa shape index (κ3) is 5.82. The van der Waals surface area contributed by atoms with Crippen molar-refractivity contribution in [3.8, 4) is 0 Å². The van der Waals surface area contributed by atoms with Gasteiger partial charge in [-0.15, -0.1) is 0 Å². The Morgan fingerprint density at radius 3 is 2.04 bits per heavy atom. The summed E-state index contributed by atoms with van der Waals surface area (Å²) in [6.45, 7) is 10.3. The van der Waals surface area contributed by atoms with Gasteiger partial charge in [-0.3, -0.25) is 19.3 Å². The van der Waals surface area contributed by atoms with Crippen molar-refractivity contribution >= 4 is 17.7 Å². The van der Waals surface area contributed by atoms with Gasteiger partial charge in [-0.25, -0.2) is 0 Å². The minimum absolute atomic E-state index is 0.126. The first kappa shape index (κ1) is 19.4. The third-order valence-electron chi connectivity index (χ3n) is 3.86. The Morgan fingerprint density at radius 1 is 1.09 bits per heavy atom. The number of carbonyl (C=O) groups excluding carboxylic acids is 3. The second kappa shape index (κ2) is 7.77. The highest BCUT2D eigenvalue weighted by Gasteiger charge is 2.30. The number of hydrogen-bond acceptors (Lipinski definition) is 4. The third-order valence-corrected chi connectivity index (χ3v) is 3.86. The molecule has 1 heterocycles. The highest BCUT2D eigenvalue weighted by atomic mass is 16.2. The lowest BCUT2D eigenvalue weighted by atomic mass is 9.94. The fourth-order valence-electron chi connectivity index (χ4n) is 2.52. The van der Waals surface area contributed by atoms with E-state index in [0.29, 0.717) is 26.2 Å². The van der Waals surface area contributed by atoms with Crippen LogP contribution in [0.25, 0.3) is 0 Å². The highest BCUT2D eigenvalue weighted by Crippen LogP contribution is 2.18. The predicted octanol–water partition coefficient (Wildman–Crippen LogP) is -0.230. The van der Waals surface area contributed by atoms with Crippen molar-refractivity contribution in [3.05, 3.63) is 0 Å². The smallest absolute Gasteiger partial charge is 0.244 e. The van der Waals surface area contributed by atoms with Crippen LogP contribution >= 0.6 is 0 Å². The summed E-state index contributed by atoms with van der Waals surface area (Å²) in [7, 11) is 3.33. The fraction of sp³-hybridized carbons (Fsp3) is 0.812. The number of rotatable bonds is 4. The maximum atomic E-state index is 12.2. The fourth-order valence-corrected chi connectivity index (χ4v) is 2.52. The monoisotopic (exact) mass is 326 g/mol. The molecule has 0 spiro atoms. The quantitative estimate of drug-likeness (QED) is 0.774. The minimum Gasteiger partial charge on any atom is -0.347 e. The van der Waals surface area contributed by atoms with Gasteiger partial charge >= 0.3 is 0 Å². The molecule has 0 aliphatic carbocycles. The standard InChI is InChI=1S/C16H30N4O3/c1-12(14(22)18(5)6)17-13(21)11-19-7-9-20(10-8-19)15(23)16(2,3)4/h12H,7-11H2,1-6H3,(H,17,21). The number of amides is 3. The molecule has 1 atom stereocenters. The highest BCUT2D eigenvalue weighted by molar-refractivity contribution is 5.87. The predicted molar refractivity (Wildman–Crippen MR) is 88.8 cm³/mol. The van der Waals surface area contributed by atoms with Gasteiger partial charge < -0.3 is 15.1 Å². The molecule has 0 aromatic heterocycles. The number of piperazine rings is 1. The van der Waals surface area contributed by atoms with Gasteiger partial charge in [0, 0.05) is 45.7 Å². The van der Waals surface area contributed by atoms with E-state index in [1.807, 2.05) is 30.6 Å². The number of nitrogens with zero attached hydrogens (tertiary/aromatic N) is 3. The van der Waals surface area contributed by atoms with Crippen LogP contribution in [-0.4, -0.2) is 85.3 Å². The van der Waals surface area contributed by atoms with Gasteiger partial charge in [0.25, 0.3) is 0 Å². The van der Waals surface area contributed by atoms with Crippen LogP contribution in [0.4, 0.5) is 0 Å². The number of likely N-dealkylation sites (N-methyl/N-ethyl adjacent to an activating group) is 1. The summed E-state index contributed by atoms with van der Waals surface area (Å²) >= 11 is 0. The van der Waals surface area contributed by atoms with Crippen LogP contribution in [0.15, 0.2) is 0 Å². The number of nitrogens with one attached hydrogen (secondary N) is 1. The average molecular weight is 326 g/mol. The topological polar surface area (TPSA) is 73.0 Å². The van der Waals surface area contributed by atoms with Crippen molar-refractivity contribution in [1.29, 1.82) is 0 Å². The molecule has 23 heavy (non-hydrogen) atoms. The lowest BCUT2D eigenvalue weighted by molar-refractivity contribution is -0.141. The van der Waals surface area contributed by atoms with Gasteiger partial charge in [-0.2, -0.15) is 0 Å². The molecule has 0 bridgehead atoms. The first-order valence-electron chi connectivity index (χ1n) is 8.04. The SMILES string of the molecule is CC(NC(=O)CN1CCN(C(=O)C(C)(C)C)CC1)C(=O)N(C)C. The lowest BCUT2D eigenvalue weighted by Gasteiger charge is -2.37. The van der Waals surface area contributed by atoms with Crippen molar-refractivity contribution < 1.29 is 14.4 Å². The zero-order valence-electron chi connectivity index (χ0n) is 15.2. The first-order chi connectivity index (χ1) is 10.5. The van der Waals surface area contributed by atoms with Crippen LogP contribution in [-0.2, 0) is 14.4 Å². The molecule has 1 rings (SSSR count). The van der Waals surface area contributed by atoms with Crippen molar-refractivity contribution in [2.75, 3.05) is 46.8 Å². The zero-order valence-corrected chi connectivity index (χ0v) is 15.2. The molecule has 1 aliphatic heterocycles. The summed E-state index contributed by atoms with van der Waals surface area (Å²) in [5, 5.41) is 2.71. The molecule has 7 nitrogen and oxygen atoms in total.